The fraction of sp³-hybridized carbons (Fsp3) is 0.636. The summed E-state index contributed by atoms with van der Waals surface area (Å²) in [6.07, 6.45) is 3.91. The zero-order chi connectivity index (χ0) is 19.5. The zero-order valence-electron chi connectivity index (χ0n) is 16.8. The molecule has 6 nitrogen and oxygen atoms in total. The van der Waals surface area contributed by atoms with Gasteiger partial charge in [-0.05, 0) is 44.7 Å². The Labute approximate surface area is 167 Å². The van der Waals surface area contributed by atoms with Gasteiger partial charge in [-0.1, -0.05) is 17.7 Å². The lowest BCUT2D eigenvalue weighted by Crippen LogP contribution is -2.60. The molecular formula is C22H31N3O3. The first-order valence-electron chi connectivity index (χ1n) is 10.6. The Morgan fingerprint density at radius 1 is 1.04 bits per heavy atom. The average Bonchev–Trinajstić information content (AvgIpc) is 2.74. The molecule has 0 radical (unpaired) electrons. The third-order valence-corrected chi connectivity index (χ3v) is 6.38. The van der Waals surface area contributed by atoms with Crippen LogP contribution in [0.5, 0.6) is 0 Å². The predicted molar refractivity (Wildman–Crippen MR) is 107 cm³/mol. The summed E-state index contributed by atoms with van der Waals surface area (Å²) in [5.41, 5.74) is 1.86. The Hall–Kier alpha value is -1.92. The summed E-state index contributed by atoms with van der Waals surface area (Å²) >= 11 is 0. The summed E-state index contributed by atoms with van der Waals surface area (Å²) in [6, 6.07) is 8.10. The standard InChI is InChI=1S/C22H31N3O3/c1-17-4-2-5-18(16-17)21(26)24-12-10-23(11-13-24)20-6-3-9-25(22(20)27)19-7-14-28-15-8-19/h2,4-5,16,19-20H,3,6-15H2,1H3. The van der Waals surface area contributed by atoms with Crippen molar-refractivity contribution in [2.24, 2.45) is 0 Å². The van der Waals surface area contributed by atoms with Crippen LogP contribution in [-0.2, 0) is 9.53 Å². The Balaban J connectivity index is 1.35. The zero-order valence-corrected chi connectivity index (χ0v) is 16.8. The van der Waals surface area contributed by atoms with Crippen LogP contribution in [0.15, 0.2) is 24.3 Å². The molecule has 6 heteroatoms. The number of hydrogen-bond acceptors (Lipinski definition) is 4. The van der Waals surface area contributed by atoms with Gasteiger partial charge in [0.05, 0.1) is 6.04 Å². The van der Waals surface area contributed by atoms with Crippen molar-refractivity contribution in [3.8, 4) is 0 Å². The molecule has 0 spiro atoms. The van der Waals surface area contributed by atoms with E-state index in [0.717, 1.165) is 69.7 Å². The van der Waals surface area contributed by atoms with E-state index < -0.39 is 0 Å². The second-order valence-corrected chi connectivity index (χ2v) is 8.23. The second kappa shape index (κ2) is 8.62. The molecule has 0 N–H and O–H groups in total. The van der Waals surface area contributed by atoms with E-state index in [1.165, 1.54) is 0 Å². The number of amides is 2. The molecular weight excluding hydrogens is 354 g/mol. The number of carbonyl (C=O) groups is 2. The van der Waals surface area contributed by atoms with Crippen LogP contribution in [0.2, 0.25) is 0 Å². The molecule has 0 bridgehead atoms. The van der Waals surface area contributed by atoms with E-state index in [0.29, 0.717) is 19.1 Å². The van der Waals surface area contributed by atoms with Gasteiger partial charge in [-0.3, -0.25) is 14.5 Å². The van der Waals surface area contributed by atoms with Crippen LogP contribution in [0.1, 0.15) is 41.6 Å². The highest BCUT2D eigenvalue weighted by Gasteiger charge is 2.38. The maximum Gasteiger partial charge on any atom is 0.253 e. The molecule has 152 valence electrons. The maximum absolute atomic E-state index is 13.2. The van der Waals surface area contributed by atoms with Gasteiger partial charge < -0.3 is 14.5 Å². The fourth-order valence-corrected chi connectivity index (χ4v) is 4.78. The molecule has 1 aromatic rings. The van der Waals surface area contributed by atoms with Gasteiger partial charge >= 0.3 is 0 Å². The Morgan fingerprint density at radius 2 is 1.79 bits per heavy atom. The number of benzene rings is 1. The van der Waals surface area contributed by atoms with Gasteiger partial charge in [-0.25, -0.2) is 0 Å². The van der Waals surface area contributed by atoms with Crippen LogP contribution in [-0.4, -0.2) is 84.5 Å². The van der Waals surface area contributed by atoms with Crippen molar-refractivity contribution in [1.29, 1.82) is 0 Å². The number of carbonyl (C=O) groups excluding carboxylic acids is 2. The first kappa shape index (κ1) is 19.4. The van der Waals surface area contributed by atoms with Crippen molar-refractivity contribution < 1.29 is 14.3 Å². The second-order valence-electron chi connectivity index (χ2n) is 8.23. The smallest absolute Gasteiger partial charge is 0.253 e. The monoisotopic (exact) mass is 385 g/mol. The minimum atomic E-state index is -0.0205. The van der Waals surface area contributed by atoms with E-state index in [9.17, 15) is 9.59 Å². The lowest BCUT2D eigenvalue weighted by Gasteiger charge is -2.45. The largest absolute Gasteiger partial charge is 0.381 e. The Kier molecular flexibility index (Phi) is 5.97. The normalized spacial score (nSPS) is 25.2. The van der Waals surface area contributed by atoms with Crippen LogP contribution in [0, 0.1) is 6.92 Å². The van der Waals surface area contributed by atoms with E-state index in [1.54, 1.807) is 0 Å². The highest BCUT2D eigenvalue weighted by atomic mass is 16.5. The molecule has 3 aliphatic rings. The summed E-state index contributed by atoms with van der Waals surface area (Å²) < 4.78 is 5.46. The van der Waals surface area contributed by atoms with E-state index in [2.05, 4.69) is 9.80 Å². The number of likely N-dealkylation sites (tertiary alicyclic amines) is 1. The van der Waals surface area contributed by atoms with Crippen molar-refractivity contribution in [3.05, 3.63) is 35.4 Å². The highest BCUT2D eigenvalue weighted by molar-refractivity contribution is 5.94. The molecule has 1 aromatic carbocycles. The molecule has 0 aliphatic carbocycles. The fourth-order valence-electron chi connectivity index (χ4n) is 4.78. The third kappa shape index (κ3) is 4.08. The van der Waals surface area contributed by atoms with Crippen molar-refractivity contribution in [2.45, 2.75) is 44.7 Å². The minimum absolute atomic E-state index is 0.0205. The van der Waals surface area contributed by atoms with Crippen molar-refractivity contribution in [1.82, 2.24) is 14.7 Å². The number of piperidine rings is 1. The predicted octanol–water partition coefficient (Wildman–Crippen LogP) is 1.92. The molecule has 0 saturated carbocycles. The SMILES string of the molecule is Cc1cccc(C(=O)N2CCN(C3CCCN(C4CCOCC4)C3=O)CC2)c1. The molecule has 3 saturated heterocycles. The van der Waals surface area contributed by atoms with Crippen molar-refractivity contribution in [2.75, 3.05) is 45.9 Å². The molecule has 3 heterocycles. The van der Waals surface area contributed by atoms with Gasteiger partial charge in [0.25, 0.3) is 5.91 Å². The average molecular weight is 386 g/mol. The van der Waals surface area contributed by atoms with Gasteiger partial charge in [0, 0.05) is 57.5 Å². The minimum Gasteiger partial charge on any atom is -0.381 e. The van der Waals surface area contributed by atoms with Gasteiger partial charge in [0.1, 0.15) is 0 Å². The summed E-state index contributed by atoms with van der Waals surface area (Å²) in [5.74, 6) is 0.388. The van der Waals surface area contributed by atoms with E-state index >= 15 is 0 Å². The van der Waals surface area contributed by atoms with Crippen LogP contribution in [0.3, 0.4) is 0 Å². The molecule has 4 rings (SSSR count). The van der Waals surface area contributed by atoms with Crippen LogP contribution in [0.25, 0.3) is 0 Å². The molecule has 1 atom stereocenters. The van der Waals surface area contributed by atoms with Crippen LogP contribution < -0.4 is 0 Å². The lowest BCUT2D eigenvalue weighted by molar-refractivity contribution is -0.145. The number of ether oxygens (including phenoxy) is 1. The van der Waals surface area contributed by atoms with E-state index in [4.69, 9.17) is 4.74 Å². The van der Waals surface area contributed by atoms with Crippen molar-refractivity contribution in [3.63, 3.8) is 0 Å². The van der Waals surface area contributed by atoms with Gasteiger partial charge in [-0.2, -0.15) is 0 Å². The van der Waals surface area contributed by atoms with Crippen LogP contribution in [0.4, 0.5) is 0 Å². The number of piperazine rings is 1. The van der Waals surface area contributed by atoms with Gasteiger partial charge in [0.2, 0.25) is 5.91 Å². The summed E-state index contributed by atoms with van der Waals surface area (Å²) in [5, 5.41) is 0. The molecule has 0 aromatic heterocycles. The topological polar surface area (TPSA) is 53.1 Å². The van der Waals surface area contributed by atoms with Crippen LogP contribution >= 0.6 is 0 Å². The Morgan fingerprint density at radius 3 is 2.50 bits per heavy atom. The highest BCUT2D eigenvalue weighted by Crippen LogP contribution is 2.25. The number of rotatable bonds is 3. The summed E-state index contributed by atoms with van der Waals surface area (Å²) in [6.45, 7) is 7.34. The summed E-state index contributed by atoms with van der Waals surface area (Å²) in [7, 11) is 0. The van der Waals surface area contributed by atoms with Gasteiger partial charge in [0.15, 0.2) is 0 Å². The number of nitrogens with zero attached hydrogens (tertiary/aromatic N) is 3. The molecule has 3 fully saturated rings. The number of aryl methyl sites for hydroxylation is 1. The number of hydrogen-bond donors (Lipinski definition) is 0. The van der Waals surface area contributed by atoms with E-state index in [-0.39, 0.29) is 17.9 Å². The third-order valence-electron chi connectivity index (χ3n) is 6.38. The first-order chi connectivity index (χ1) is 13.6. The molecule has 28 heavy (non-hydrogen) atoms. The quantitative estimate of drug-likeness (QED) is 0.798. The van der Waals surface area contributed by atoms with E-state index in [1.807, 2.05) is 36.1 Å². The van der Waals surface area contributed by atoms with Crippen molar-refractivity contribution >= 4 is 11.8 Å². The molecule has 3 aliphatic heterocycles. The molecule has 2 amide bonds. The Bertz CT molecular complexity index is 709. The molecule has 1 unspecified atom stereocenters. The summed E-state index contributed by atoms with van der Waals surface area (Å²) in [4.78, 5) is 32.3. The van der Waals surface area contributed by atoms with Gasteiger partial charge in [-0.15, -0.1) is 0 Å². The lowest BCUT2D eigenvalue weighted by atomic mass is 9.97. The maximum atomic E-state index is 13.2. The first-order valence-corrected chi connectivity index (χ1v) is 10.6.